The molecule has 0 amide bonds. The summed E-state index contributed by atoms with van der Waals surface area (Å²) in [7, 11) is 0. The molecule has 0 aliphatic rings. The quantitative estimate of drug-likeness (QED) is 0.513. The highest BCUT2D eigenvalue weighted by atomic mass is 16.5. The summed E-state index contributed by atoms with van der Waals surface area (Å²) in [6, 6.07) is 0. The maximum Gasteiger partial charge on any atom is 0.303 e. The SMILES string of the molecule is CC(=O)CC(/C=C(\C)CCC=C(C)C)OC(C)=O. The lowest BCUT2D eigenvalue weighted by Gasteiger charge is -2.12. The Labute approximate surface area is 110 Å². The zero-order valence-corrected chi connectivity index (χ0v) is 12.1. The van der Waals surface area contributed by atoms with Crippen LogP contribution in [0.15, 0.2) is 23.3 Å². The molecular weight excluding hydrogens is 228 g/mol. The highest BCUT2D eigenvalue weighted by Crippen LogP contribution is 2.11. The van der Waals surface area contributed by atoms with Crippen LogP contribution in [0.1, 0.15) is 53.9 Å². The number of esters is 1. The minimum Gasteiger partial charge on any atom is -0.458 e. The van der Waals surface area contributed by atoms with E-state index in [0.29, 0.717) is 0 Å². The van der Waals surface area contributed by atoms with Gasteiger partial charge in [0.25, 0.3) is 0 Å². The number of Topliss-reactive ketones (excluding diaryl/α,β-unsaturated/α-hetero) is 1. The summed E-state index contributed by atoms with van der Waals surface area (Å²) in [6.45, 7) is 8.99. The van der Waals surface area contributed by atoms with E-state index in [0.717, 1.165) is 18.4 Å². The number of carbonyl (C=O) groups excluding carboxylic acids is 2. The molecule has 0 radical (unpaired) electrons. The average Bonchev–Trinajstić information content (AvgIpc) is 2.13. The van der Waals surface area contributed by atoms with Gasteiger partial charge in [-0.05, 0) is 46.6 Å². The number of rotatable bonds is 7. The fraction of sp³-hybridized carbons (Fsp3) is 0.600. The summed E-state index contributed by atoms with van der Waals surface area (Å²) in [6.07, 6.45) is 5.76. The van der Waals surface area contributed by atoms with Gasteiger partial charge < -0.3 is 4.74 Å². The van der Waals surface area contributed by atoms with Crippen molar-refractivity contribution in [2.75, 3.05) is 0 Å². The van der Waals surface area contributed by atoms with Gasteiger partial charge in [-0.15, -0.1) is 0 Å². The van der Waals surface area contributed by atoms with Crippen molar-refractivity contribution in [3.8, 4) is 0 Å². The molecule has 0 spiro atoms. The van der Waals surface area contributed by atoms with Gasteiger partial charge in [-0.1, -0.05) is 17.2 Å². The van der Waals surface area contributed by atoms with Gasteiger partial charge in [0.1, 0.15) is 11.9 Å². The third kappa shape index (κ3) is 9.82. The number of hydrogen-bond donors (Lipinski definition) is 0. The number of carbonyl (C=O) groups is 2. The van der Waals surface area contributed by atoms with Crippen LogP contribution in [-0.2, 0) is 14.3 Å². The van der Waals surface area contributed by atoms with E-state index in [9.17, 15) is 9.59 Å². The Balaban J connectivity index is 4.46. The van der Waals surface area contributed by atoms with Gasteiger partial charge in [-0.3, -0.25) is 9.59 Å². The molecule has 0 aromatic carbocycles. The molecule has 0 saturated heterocycles. The first-order valence-corrected chi connectivity index (χ1v) is 6.28. The molecule has 3 heteroatoms. The minimum absolute atomic E-state index is 0.0228. The number of ketones is 1. The summed E-state index contributed by atoms with van der Waals surface area (Å²) < 4.78 is 5.11. The first kappa shape index (κ1) is 16.6. The average molecular weight is 252 g/mol. The Morgan fingerprint density at radius 1 is 1.11 bits per heavy atom. The summed E-state index contributed by atoms with van der Waals surface area (Å²) in [5.74, 6) is -0.329. The van der Waals surface area contributed by atoms with Crippen LogP contribution in [0.3, 0.4) is 0 Å². The highest BCUT2D eigenvalue weighted by molar-refractivity contribution is 5.77. The van der Waals surface area contributed by atoms with Crippen molar-refractivity contribution in [1.82, 2.24) is 0 Å². The van der Waals surface area contributed by atoms with Crippen molar-refractivity contribution in [1.29, 1.82) is 0 Å². The third-order valence-electron chi connectivity index (χ3n) is 2.37. The maximum absolute atomic E-state index is 11.1. The molecule has 1 atom stereocenters. The minimum atomic E-state index is -0.424. The molecular formula is C15H24O3. The Morgan fingerprint density at radius 2 is 1.72 bits per heavy atom. The first-order chi connectivity index (χ1) is 8.31. The standard InChI is InChI=1S/C15H24O3/c1-11(2)7-6-8-12(3)9-15(10-13(4)16)18-14(5)17/h7,9,15H,6,8,10H2,1-5H3/b12-9+. The predicted molar refractivity (Wildman–Crippen MR) is 73.3 cm³/mol. The molecule has 0 bridgehead atoms. The Hall–Kier alpha value is -1.38. The van der Waals surface area contributed by atoms with Gasteiger partial charge >= 0.3 is 5.97 Å². The molecule has 0 fully saturated rings. The number of ether oxygens (including phenoxy) is 1. The second kappa shape index (κ2) is 8.67. The molecule has 0 N–H and O–H groups in total. The molecule has 3 nitrogen and oxygen atoms in total. The molecule has 0 aliphatic heterocycles. The van der Waals surface area contributed by atoms with Gasteiger partial charge in [-0.2, -0.15) is 0 Å². The smallest absolute Gasteiger partial charge is 0.303 e. The van der Waals surface area contributed by atoms with E-state index in [-0.39, 0.29) is 18.2 Å². The predicted octanol–water partition coefficient (Wildman–Crippen LogP) is 3.59. The van der Waals surface area contributed by atoms with E-state index in [1.807, 2.05) is 13.0 Å². The normalized spacial score (nSPS) is 12.8. The van der Waals surface area contributed by atoms with Crippen LogP contribution in [0, 0.1) is 0 Å². The van der Waals surface area contributed by atoms with Crippen LogP contribution >= 0.6 is 0 Å². The number of allylic oxidation sites excluding steroid dienone is 3. The molecule has 102 valence electrons. The molecule has 0 saturated carbocycles. The van der Waals surface area contributed by atoms with Crippen LogP contribution in [0.25, 0.3) is 0 Å². The fourth-order valence-electron chi connectivity index (χ4n) is 1.62. The lowest BCUT2D eigenvalue weighted by molar-refractivity contribution is -0.145. The topological polar surface area (TPSA) is 43.4 Å². The Bertz CT molecular complexity index is 331. The Morgan fingerprint density at radius 3 is 2.17 bits per heavy atom. The van der Waals surface area contributed by atoms with Gasteiger partial charge in [-0.25, -0.2) is 0 Å². The summed E-state index contributed by atoms with van der Waals surface area (Å²) >= 11 is 0. The van der Waals surface area contributed by atoms with Crippen molar-refractivity contribution >= 4 is 11.8 Å². The van der Waals surface area contributed by atoms with Gasteiger partial charge in [0.2, 0.25) is 0 Å². The van der Waals surface area contributed by atoms with E-state index in [4.69, 9.17) is 4.74 Å². The van der Waals surface area contributed by atoms with Gasteiger partial charge in [0.15, 0.2) is 0 Å². The summed E-state index contributed by atoms with van der Waals surface area (Å²) in [4.78, 5) is 22.0. The zero-order chi connectivity index (χ0) is 14.1. The first-order valence-electron chi connectivity index (χ1n) is 6.28. The maximum atomic E-state index is 11.1. The van der Waals surface area contributed by atoms with Crippen LogP contribution in [0.2, 0.25) is 0 Å². The molecule has 0 rings (SSSR count). The molecule has 1 unspecified atom stereocenters. The van der Waals surface area contributed by atoms with Crippen molar-refractivity contribution in [3.05, 3.63) is 23.3 Å². The zero-order valence-electron chi connectivity index (χ0n) is 12.1. The highest BCUT2D eigenvalue weighted by Gasteiger charge is 2.11. The van der Waals surface area contributed by atoms with Crippen LogP contribution in [-0.4, -0.2) is 17.9 Å². The fourth-order valence-corrected chi connectivity index (χ4v) is 1.62. The van der Waals surface area contributed by atoms with Crippen LogP contribution in [0.4, 0.5) is 0 Å². The van der Waals surface area contributed by atoms with Gasteiger partial charge in [0, 0.05) is 13.3 Å². The summed E-state index contributed by atoms with van der Waals surface area (Å²) in [5, 5.41) is 0. The van der Waals surface area contributed by atoms with E-state index < -0.39 is 6.10 Å². The van der Waals surface area contributed by atoms with Crippen LogP contribution < -0.4 is 0 Å². The molecule has 0 aliphatic carbocycles. The molecule has 0 heterocycles. The summed E-state index contributed by atoms with van der Waals surface area (Å²) in [5.41, 5.74) is 2.43. The molecule has 0 aromatic heterocycles. The largest absolute Gasteiger partial charge is 0.458 e. The lowest BCUT2D eigenvalue weighted by Crippen LogP contribution is -2.17. The second-order valence-corrected chi connectivity index (χ2v) is 4.89. The van der Waals surface area contributed by atoms with E-state index >= 15 is 0 Å². The van der Waals surface area contributed by atoms with E-state index in [1.165, 1.54) is 19.4 Å². The van der Waals surface area contributed by atoms with E-state index in [2.05, 4.69) is 19.9 Å². The Kier molecular flexibility index (Phi) is 8.01. The third-order valence-corrected chi connectivity index (χ3v) is 2.37. The molecule has 18 heavy (non-hydrogen) atoms. The lowest BCUT2D eigenvalue weighted by atomic mass is 10.1. The second-order valence-electron chi connectivity index (χ2n) is 4.89. The van der Waals surface area contributed by atoms with Crippen molar-refractivity contribution in [2.24, 2.45) is 0 Å². The van der Waals surface area contributed by atoms with Crippen molar-refractivity contribution < 1.29 is 14.3 Å². The molecule has 0 aromatic rings. The van der Waals surface area contributed by atoms with Crippen molar-refractivity contribution in [2.45, 2.75) is 60.0 Å². The van der Waals surface area contributed by atoms with E-state index in [1.54, 1.807) is 0 Å². The number of hydrogen-bond acceptors (Lipinski definition) is 3. The van der Waals surface area contributed by atoms with Gasteiger partial charge in [0.05, 0.1) is 0 Å². The van der Waals surface area contributed by atoms with Crippen LogP contribution in [0.5, 0.6) is 0 Å². The monoisotopic (exact) mass is 252 g/mol. The van der Waals surface area contributed by atoms with Crippen molar-refractivity contribution in [3.63, 3.8) is 0 Å².